The van der Waals surface area contributed by atoms with Crippen LogP contribution in [0, 0.1) is 6.92 Å². The minimum absolute atomic E-state index is 1.27. The van der Waals surface area contributed by atoms with Crippen LogP contribution in [0.1, 0.15) is 5.56 Å². The fraction of sp³-hybridized carbons (Fsp3) is 0.0400. The average Bonchev–Trinajstić information content (AvgIpc) is 3.07. The second kappa shape index (κ2) is 6.12. The molecular formula is C25H18S. The molecule has 0 fully saturated rings. The quantitative estimate of drug-likeness (QED) is 0.306. The van der Waals surface area contributed by atoms with Crippen molar-refractivity contribution in [3.8, 4) is 22.3 Å². The summed E-state index contributed by atoms with van der Waals surface area (Å²) in [5.41, 5.74) is 6.44. The van der Waals surface area contributed by atoms with Gasteiger partial charge in [-0.3, -0.25) is 0 Å². The summed E-state index contributed by atoms with van der Waals surface area (Å²) >= 11 is 1.87. The lowest BCUT2D eigenvalue weighted by atomic mass is 9.95. The molecule has 0 unspecified atom stereocenters. The molecule has 0 aliphatic heterocycles. The predicted octanol–water partition coefficient (Wildman–Crippen LogP) is 7.70. The van der Waals surface area contributed by atoms with Crippen LogP contribution in [0.5, 0.6) is 0 Å². The van der Waals surface area contributed by atoms with Gasteiger partial charge in [0, 0.05) is 20.2 Å². The van der Waals surface area contributed by atoms with Gasteiger partial charge in [-0.25, -0.2) is 0 Å². The van der Waals surface area contributed by atoms with Gasteiger partial charge in [0.25, 0.3) is 0 Å². The molecular weight excluding hydrogens is 332 g/mol. The van der Waals surface area contributed by atoms with Crippen LogP contribution >= 0.6 is 11.3 Å². The molecule has 0 atom stereocenters. The summed E-state index contributed by atoms with van der Waals surface area (Å²) in [6, 6.07) is 32.9. The number of benzene rings is 4. The van der Waals surface area contributed by atoms with E-state index in [0.717, 1.165) is 0 Å². The summed E-state index contributed by atoms with van der Waals surface area (Å²) in [6.07, 6.45) is 0. The Morgan fingerprint density at radius 1 is 0.538 bits per heavy atom. The van der Waals surface area contributed by atoms with Gasteiger partial charge in [-0.2, -0.15) is 0 Å². The molecule has 1 aromatic heterocycles. The molecule has 0 nitrogen and oxygen atoms in total. The molecule has 1 heteroatoms. The fourth-order valence-corrected chi connectivity index (χ4v) is 4.78. The lowest BCUT2D eigenvalue weighted by Crippen LogP contribution is -1.85. The van der Waals surface area contributed by atoms with E-state index >= 15 is 0 Å². The molecule has 0 aliphatic carbocycles. The highest BCUT2D eigenvalue weighted by Crippen LogP contribution is 2.37. The molecule has 0 saturated heterocycles. The standard InChI is InChI=1S/C25H18S/c1-17-11-12-19(15-23(17)18-7-3-2-4-8-18)20-13-14-22-21-9-5-6-10-24(21)26-25(22)16-20/h2-16H,1H3. The van der Waals surface area contributed by atoms with E-state index in [4.69, 9.17) is 0 Å². The molecule has 4 aromatic carbocycles. The smallest absolute Gasteiger partial charge is 0.0361 e. The Hall–Kier alpha value is -2.90. The van der Waals surface area contributed by atoms with E-state index in [1.807, 2.05) is 11.3 Å². The first-order valence-electron chi connectivity index (χ1n) is 8.87. The summed E-state index contributed by atoms with van der Waals surface area (Å²) in [5.74, 6) is 0. The molecule has 0 spiro atoms. The lowest BCUT2D eigenvalue weighted by molar-refractivity contribution is 1.45. The molecule has 124 valence electrons. The number of rotatable bonds is 2. The minimum atomic E-state index is 1.27. The third kappa shape index (κ3) is 2.53. The van der Waals surface area contributed by atoms with Crippen LogP contribution < -0.4 is 0 Å². The van der Waals surface area contributed by atoms with Gasteiger partial charge < -0.3 is 0 Å². The number of hydrogen-bond acceptors (Lipinski definition) is 1. The Balaban J connectivity index is 1.67. The first-order valence-corrected chi connectivity index (χ1v) is 9.69. The normalized spacial score (nSPS) is 11.3. The van der Waals surface area contributed by atoms with Gasteiger partial charge in [0.05, 0.1) is 0 Å². The van der Waals surface area contributed by atoms with Crippen molar-refractivity contribution < 1.29 is 0 Å². The van der Waals surface area contributed by atoms with Crippen molar-refractivity contribution >= 4 is 31.5 Å². The van der Waals surface area contributed by atoms with Crippen LogP contribution in [-0.2, 0) is 0 Å². The van der Waals surface area contributed by atoms with E-state index in [1.54, 1.807) is 0 Å². The van der Waals surface area contributed by atoms with Crippen LogP contribution in [0.25, 0.3) is 42.4 Å². The maximum Gasteiger partial charge on any atom is 0.0361 e. The Morgan fingerprint density at radius 3 is 2.12 bits per heavy atom. The first-order chi connectivity index (χ1) is 12.8. The van der Waals surface area contributed by atoms with Crippen LogP contribution in [0.2, 0.25) is 0 Å². The third-order valence-electron chi connectivity index (χ3n) is 5.03. The number of aryl methyl sites for hydroxylation is 1. The average molecular weight is 350 g/mol. The van der Waals surface area contributed by atoms with Crippen molar-refractivity contribution in [3.05, 3.63) is 96.6 Å². The Morgan fingerprint density at radius 2 is 1.23 bits per heavy atom. The Labute approximate surface area is 157 Å². The van der Waals surface area contributed by atoms with Gasteiger partial charge in [-0.05, 0) is 52.9 Å². The fourth-order valence-electron chi connectivity index (χ4n) is 3.64. The van der Waals surface area contributed by atoms with Crippen molar-refractivity contribution in [2.75, 3.05) is 0 Å². The number of thiophene rings is 1. The van der Waals surface area contributed by atoms with E-state index < -0.39 is 0 Å². The second-order valence-electron chi connectivity index (χ2n) is 6.70. The monoisotopic (exact) mass is 350 g/mol. The van der Waals surface area contributed by atoms with Crippen molar-refractivity contribution in [3.63, 3.8) is 0 Å². The first kappa shape index (κ1) is 15.4. The highest BCUT2D eigenvalue weighted by atomic mass is 32.1. The molecule has 5 aromatic rings. The van der Waals surface area contributed by atoms with Crippen LogP contribution in [-0.4, -0.2) is 0 Å². The van der Waals surface area contributed by atoms with Gasteiger partial charge in [0.1, 0.15) is 0 Å². The summed E-state index contributed by atoms with van der Waals surface area (Å²) in [6.45, 7) is 2.18. The summed E-state index contributed by atoms with van der Waals surface area (Å²) in [5, 5.41) is 2.71. The molecule has 0 bridgehead atoms. The van der Waals surface area contributed by atoms with E-state index in [-0.39, 0.29) is 0 Å². The van der Waals surface area contributed by atoms with Gasteiger partial charge in [-0.15, -0.1) is 11.3 Å². The zero-order valence-electron chi connectivity index (χ0n) is 14.6. The van der Waals surface area contributed by atoms with E-state index in [0.29, 0.717) is 0 Å². The lowest BCUT2D eigenvalue weighted by Gasteiger charge is -2.10. The summed E-state index contributed by atoms with van der Waals surface area (Å²) < 4.78 is 2.71. The van der Waals surface area contributed by atoms with Crippen molar-refractivity contribution in [2.45, 2.75) is 6.92 Å². The SMILES string of the molecule is Cc1ccc(-c2ccc3c(c2)sc2ccccc23)cc1-c1ccccc1. The summed E-state index contributed by atoms with van der Waals surface area (Å²) in [4.78, 5) is 0. The second-order valence-corrected chi connectivity index (χ2v) is 7.79. The maximum atomic E-state index is 2.33. The van der Waals surface area contributed by atoms with Gasteiger partial charge in [0.15, 0.2) is 0 Å². The molecule has 0 radical (unpaired) electrons. The zero-order valence-corrected chi connectivity index (χ0v) is 15.4. The molecule has 0 amide bonds. The van der Waals surface area contributed by atoms with Gasteiger partial charge in [0.2, 0.25) is 0 Å². The maximum absolute atomic E-state index is 2.33. The van der Waals surface area contributed by atoms with E-state index in [9.17, 15) is 0 Å². The van der Waals surface area contributed by atoms with Crippen molar-refractivity contribution in [1.29, 1.82) is 0 Å². The largest absolute Gasteiger partial charge is 0.135 e. The highest BCUT2D eigenvalue weighted by molar-refractivity contribution is 7.25. The van der Waals surface area contributed by atoms with E-state index in [1.165, 1.54) is 48.0 Å². The molecule has 5 rings (SSSR count). The van der Waals surface area contributed by atoms with Gasteiger partial charge >= 0.3 is 0 Å². The Kier molecular flexibility index (Phi) is 3.62. The van der Waals surface area contributed by atoms with Crippen LogP contribution in [0.15, 0.2) is 91.0 Å². The summed E-state index contributed by atoms with van der Waals surface area (Å²) in [7, 11) is 0. The zero-order chi connectivity index (χ0) is 17.5. The number of fused-ring (bicyclic) bond motifs is 3. The molecule has 1 heterocycles. The highest BCUT2D eigenvalue weighted by Gasteiger charge is 2.08. The molecule has 0 aliphatic rings. The predicted molar refractivity (Wildman–Crippen MR) is 115 cm³/mol. The number of hydrogen-bond donors (Lipinski definition) is 0. The Bertz CT molecular complexity index is 1230. The van der Waals surface area contributed by atoms with E-state index in [2.05, 4.69) is 97.9 Å². The third-order valence-corrected chi connectivity index (χ3v) is 6.17. The topological polar surface area (TPSA) is 0 Å². The van der Waals surface area contributed by atoms with Crippen LogP contribution in [0.4, 0.5) is 0 Å². The van der Waals surface area contributed by atoms with Crippen molar-refractivity contribution in [1.82, 2.24) is 0 Å². The minimum Gasteiger partial charge on any atom is -0.135 e. The van der Waals surface area contributed by atoms with Gasteiger partial charge in [-0.1, -0.05) is 72.8 Å². The molecule has 0 saturated carbocycles. The van der Waals surface area contributed by atoms with Crippen molar-refractivity contribution in [2.24, 2.45) is 0 Å². The molecule has 26 heavy (non-hydrogen) atoms. The van der Waals surface area contributed by atoms with Crippen LogP contribution in [0.3, 0.4) is 0 Å². The molecule has 0 N–H and O–H groups in total.